The maximum atomic E-state index is 12.6. The van der Waals surface area contributed by atoms with Gasteiger partial charge in [0, 0.05) is 11.0 Å². The number of benzene rings is 1. The maximum absolute atomic E-state index is 12.6. The van der Waals surface area contributed by atoms with Gasteiger partial charge in [0.1, 0.15) is 5.75 Å². The Balaban J connectivity index is 2.27. The van der Waals surface area contributed by atoms with E-state index in [1.54, 1.807) is 13.2 Å². The van der Waals surface area contributed by atoms with E-state index in [2.05, 4.69) is 15.9 Å². The standard InChI is InChI=1S/C14H18BrNO3/c1-9-8-19-10(2)7-16(9)14(17)12-6-11(18-3)4-5-13(12)15/h4-6,9-10H,7-8H2,1-3H3/t9-,10+/m1/s1. The van der Waals surface area contributed by atoms with Gasteiger partial charge >= 0.3 is 0 Å². The summed E-state index contributed by atoms with van der Waals surface area (Å²) < 4.78 is 11.5. The van der Waals surface area contributed by atoms with Crippen molar-refractivity contribution < 1.29 is 14.3 Å². The molecule has 1 heterocycles. The number of methoxy groups -OCH3 is 1. The summed E-state index contributed by atoms with van der Waals surface area (Å²) >= 11 is 3.43. The Labute approximate surface area is 121 Å². The summed E-state index contributed by atoms with van der Waals surface area (Å²) in [6, 6.07) is 5.51. The fourth-order valence-electron chi connectivity index (χ4n) is 2.14. The number of ether oxygens (including phenoxy) is 2. The molecule has 0 N–H and O–H groups in total. The first-order valence-electron chi connectivity index (χ1n) is 6.29. The van der Waals surface area contributed by atoms with Crippen molar-refractivity contribution in [3.63, 3.8) is 0 Å². The van der Waals surface area contributed by atoms with Gasteiger partial charge < -0.3 is 14.4 Å². The van der Waals surface area contributed by atoms with E-state index in [0.29, 0.717) is 24.5 Å². The predicted octanol–water partition coefficient (Wildman–Crippen LogP) is 2.71. The lowest BCUT2D eigenvalue weighted by Gasteiger charge is -2.37. The third-order valence-electron chi connectivity index (χ3n) is 3.27. The van der Waals surface area contributed by atoms with Gasteiger partial charge in [-0.05, 0) is 48.0 Å². The summed E-state index contributed by atoms with van der Waals surface area (Å²) in [6.07, 6.45) is 0.0736. The lowest BCUT2D eigenvalue weighted by atomic mass is 10.1. The van der Waals surface area contributed by atoms with Crippen molar-refractivity contribution in [2.45, 2.75) is 26.0 Å². The monoisotopic (exact) mass is 327 g/mol. The van der Waals surface area contributed by atoms with Crippen LogP contribution >= 0.6 is 15.9 Å². The summed E-state index contributed by atoms with van der Waals surface area (Å²) in [5, 5.41) is 0. The van der Waals surface area contributed by atoms with Crippen LogP contribution in [0.1, 0.15) is 24.2 Å². The minimum atomic E-state index is 0.00780. The van der Waals surface area contributed by atoms with Crippen molar-refractivity contribution in [3.8, 4) is 5.75 Å². The molecule has 0 spiro atoms. The topological polar surface area (TPSA) is 38.8 Å². The number of hydrogen-bond donors (Lipinski definition) is 0. The van der Waals surface area contributed by atoms with E-state index in [4.69, 9.17) is 9.47 Å². The fourth-order valence-corrected chi connectivity index (χ4v) is 2.55. The second-order valence-corrected chi connectivity index (χ2v) is 5.65. The van der Waals surface area contributed by atoms with E-state index in [0.717, 1.165) is 4.47 Å². The van der Waals surface area contributed by atoms with E-state index in [1.165, 1.54) is 0 Å². The SMILES string of the molecule is COc1ccc(Br)c(C(=O)N2C[C@H](C)OC[C@H]2C)c1. The molecule has 19 heavy (non-hydrogen) atoms. The van der Waals surface area contributed by atoms with Gasteiger partial charge in [-0.25, -0.2) is 0 Å². The molecule has 104 valence electrons. The molecule has 0 unspecified atom stereocenters. The molecule has 2 atom stereocenters. The van der Waals surface area contributed by atoms with Crippen molar-refractivity contribution in [2.24, 2.45) is 0 Å². The Bertz CT molecular complexity index is 478. The first kappa shape index (κ1) is 14.3. The minimum absolute atomic E-state index is 0.00780. The van der Waals surface area contributed by atoms with Gasteiger partial charge in [-0.1, -0.05) is 0 Å². The molecule has 1 fully saturated rings. The fraction of sp³-hybridized carbons (Fsp3) is 0.500. The molecule has 1 saturated heterocycles. The second kappa shape index (κ2) is 5.92. The zero-order valence-corrected chi connectivity index (χ0v) is 12.9. The summed E-state index contributed by atoms with van der Waals surface area (Å²) in [5.41, 5.74) is 0.625. The molecular formula is C14H18BrNO3. The highest BCUT2D eigenvalue weighted by atomic mass is 79.9. The number of carbonyl (C=O) groups excluding carboxylic acids is 1. The Morgan fingerprint density at radius 3 is 2.89 bits per heavy atom. The Morgan fingerprint density at radius 1 is 1.47 bits per heavy atom. The van der Waals surface area contributed by atoms with Crippen LogP contribution in [0.15, 0.2) is 22.7 Å². The molecule has 0 bridgehead atoms. The Hall–Kier alpha value is -1.07. The van der Waals surface area contributed by atoms with Crippen LogP contribution in [-0.4, -0.2) is 43.2 Å². The smallest absolute Gasteiger partial charge is 0.255 e. The number of amides is 1. The van der Waals surface area contributed by atoms with Crippen LogP contribution in [0.3, 0.4) is 0 Å². The maximum Gasteiger partial charge on any atom is 0.255 e. The Kier molecular flexibility index (Phi) is 4.47. The molecule has 0 aromatic heterocycles. The molecule has 1 aromatic rings. The summed E-state index contributed by atoms with van der Waals surface area (Å²) in [4.78, 5) is 14.5. The average molecular weight is 328 g/mol. The van der Waals surface area contributed by atoms with E-state index in [-0.39, 0.29) is 18.1 Å². The average Bonchev–Trinajstić information content (AvgIpc) is 2.41. The van der Waals surface area contributed by atoms with Gasteiger partial charge in [0.2, 0.25) is 0 Å². The number of rotatable bonds is 2. The molecule has 1 aliphatic heterocycles. The third-order valence-corrected chi connectivity index (χ3v) is 3.96. The molecule has 4 nitrogen and oxygen atoms in total. The van der Waals surface area contributed by atoms with E-state index >= 15 is 0 Å². The van der Waals surface area contributed by atoms with Crippen LogP contribution < -0.4 is 4.74 Å². The highest BCUT2D eigenvalue weighted by Crippen LogP contribution is 2.25. The van der Waals surface area contributed by atoms with Crippen molar-refractivity contribution >= 4 is 21.8 Å². The second-order valence-electron chi connectivity index (χ2n) is 4.80. The predicted molar refractivity (Wildman–Crippen MR) is 76.6 cm³/mol. The van der Waals surface area contributed by atoms with Gasteiger partial charge in [0.25, 0.3) is 5.91 Å². The lowest BCUT2D eigenvalue weighted by molar-refractivity contribution is -0.0387. The van der Waals surface area contributed by atoms with Gasteiger partial charge in [0.05, 0.1) is 31.4 Å². The highest BCUT2D eigenvalue weighted by molar-refractivity contribution is 9.10. The van der Waals surface area contributed by atoms with Crippen molar-refractivity contribution in [1.82, 2.24) is 4.90 Å². The van der Waals surface area contributed by atoms with Crippen molar-refractivity contribution in [1.29, 1.82) is 0 Å². The molecule has 0 saturated carbocycles. The van der Waals surface area contributed by atoms with E-state index in [1.807, 2.05) is 30.9 Å². The first-order valence-corrected chi connectivity index (χ1v) is 7.08. The van der Waals surface area contributed by atoms with Crippen LogP contribution in [-0.2, 0) is 4.74 Å². The number of hydrogen-bond acceptors (Lipinski definition) is 3. The molecule has 1 amide bonds. The summed E-state index contributed by atoms with van der Waals surface area (Å²) in [7, 11) is 1.59. The van der Waals surface area contributed by atoms with Gasteiger partial charge in [-0.2, -0.15) is 0 Å². The van der Waals surface area contributed by atoms with Crippen molar-refractivity contribution in [2.75, 3.05) is 20.3 Å². The highest BCUT2D eigenvalue weighted by Gasteiger charge is 2.29. The lowest BCUT2D eigenvalue weighted by Crippen LogP contribution is -2.50. The number of nitrogens with zero attached hydrogens (tertiary/aromatic N) is 1. The van der Waals surface area contributed by atoms with E-state index < -0.39 is 0 Å². The van der Waals surface area contributed by atoms with Crippen LogP contribution in [0.2, 0.25) is 0 Å². The first-order chi connectivity index (χ1) is 9.02. The van der Waals surface area contributed by atoms with E-state index in [9.17, 15) is 4.79 Å². The minimum Gasteiger partial charge on any atom is -0.497 e. The number of halogens is 1. The molecule has 1 aromatic carbocycles. The third kappa shape index (κ3) is 3.09. The Morgan fingerprint density at radius 2 is 2.21 bits per heavy atom. The molecule has 1 aliphatic rings. The van der Waals surface area contributed by atoms with Gasteiger partial charge in [0.15, 0.2) is 0 Å². The van der Waals surface area contributed by atoms with Crippen LogP contribution in [0.5, 0.6) is 5.75 Å². The van der Waals surface area contributed by atoms with Crippen molar-refractivity contribution in [3.05, 3.63) is 28.2 Å². The molecular weight excluding hydrogens is 310 g/mol. The van der Waals surface area contributed by atoms with Gasteiger partial charge in [-0.3, -0.25) is 4.79 Å². The zero-order valence-electron chi connectivity index (χ0n) is 11.4. The molecule has 2 rings (SSSR count). The molecule has 0 radical (unpaired) electrons. The summed E-state index contributed by atoms with van der Waals surface area (Å²) in [6.45, 7) is 5.17. The van der Waals surface area contributed by atoms with Crippen LogP contribution in [0.25, 0.3) is 0 Å². The van der Waals surface area contributed by atoms with Crippen LogP contribution in [0, 0.1) is 0 Å². The molecule has 5 heteroatoms. The summed E-state index contributed by atoms with van der Waals surface area (Å²) in [5.74, 6) is 0.689. The number of carbonyl (C=O) groups is 1. The largest absolute Gasteiger partial charge is 0.497 e. The zero-order chi connectivity index (χ0) is 14.0. The molecule has 0 aliphatic carbocycles. The quantitative estimate of drug-likeness (QED) is 0.838. The van der Waals surface area contributed by atoms with Crippen LogP contribution in [0.4, 0.5) is 0 Å². The normalized spacial score (nSPS) is 23.3. The van der Waals surface area contributed by atoms with Gasteiger partial charge in [-0.15, -0.1) is 0 Å². The number of morpholine rings is 1.